The van der Waals surface area contributed by atoms with Crippen LogP contribution in [0.25, 0.3) is 11.1 Å². The number of benzene rings is 1. The predicted molar refractivity (Wildman–Crippen MR) is 111 cm³/mol. The third kappa shape index (κ3) is 4.90. The molecule has 0 radical (unpaired) electrons. The van der Waals surface area contributed by atoms with Crippen molar-refractivity contribution in [3.05, 3.63) is 66.0 Å². The maximum atomic E-state index is 13.0. The second-order valence-corrected chi connectivity index (χ2v) is 7.47. The van der Waals surface area contributed by atoms with E-state index in [1.807, 2.05) is 43.4 Å². The zero-order valence-corrected chi connectivity index (χ0v) is 17.0. The van der Waals surface area contributed by atoms with Crippen LogP contribution < -0.4 is 5.32 Å². The van der Waals surface area contributed by atoms with Gasteiger partial charge in [0.2, 0.25) is 5.91 Å². The first-order valence-corrected chi connectivity index (χ1v) is 9.83. The van der Waals surface area contributed by atoms with Crippen LogP contribution in [0.15, 0.2) is 48.8 Å². The van der Waals surface area contributed by atoms with Gasteiger partial charge in [0.05, 0.1) is 25.0 Å². The number of nitrogens with zero attached hydrogens (tertiary/aromatic N) is 4. The lowest BCUT2D eigenvalue weighted by molar-refractivity contribution is -0.119. The van der Waals surface area contributed by atoms with E-state index in [4.69, 9.17) is 4.74 Å². The van der Waals surface area contributed by atoms with Gasteiger partial charge in [-0.25, -0.2) is 4.39 Å². The third-order valence-electron chi connectivity index (χ3n) is 4.99. The normalized spacial score (nSPS) is 17.1. The summed E-state index contributed by atoms with van der Waals surface area (Å²) in [6, 6.07) is 9.79. The van der Waals surface area contributed by atoms with Gasteiger partial charge < -0.3 is 10.1 Å². The summed E-state index contributed by atoms with van der Waals surface area (Å²) in [5.41, 5.74) is 4.39. The van der Waals surface area contributed by atoms with Gasteiger partial charge in [0.15, 0.2) is 0 Å². The number of amides is 1. The summed E-state index contributed by atoms with van der Waals surface area (Å²) in [4.78, 5) is 19.1. The molecule has 0 spiro atoms. The maximum absolute atomic E-state index is 13.0. The molecule has 0 aliphatic carbocycles. The number of carbonyl (C=O) groups is 1. The number of hydrogen-bond donors (Lipinski definition) is 1. The first-order valence-electron chi connectivity index (χ1n) is 9.83. The van der Waals surface area contributed by atoms with Crippen molar-refractivity contribution in [1.82, 2.24) is 19.7 Å². The van der Waals surface area contributed by atoms with Gasteiger partial charge in [0, 0.05) is 43.3 Å². The van der Waals surface area contributed by atoms with Crippen LogP contribution in [0, 0.1) is 12.7 Å². The molecule has 156 valence electrons. The standard InChI is InChI=1S/C22H24FN5O2/c1-15-9-16(17-11-24-27(2)12-17)10-20(25-15)21-13-28(7-8-30-21)14-22(29)26-19-5-3-18(23)4-6-19/h3-6,9-12,21H,7-8,13-14H2,1-2H3,(H,26,29)/t21-/m0/s1. The molecule has 1 aliphatic rings. The molecule has 2 aromatic heterocycles. The Balaban J connectivity index is 1.43. The monoisotopic (exact) mass is 409 g/mol. The van der Waals surface area contributed by atoms with Crippen molar-refractivity contribution in [3.63, 3.8) is 0 Å². The van der Waals surface area contributed by atoms with Crippen LogP contribution in [0.3, 0.4) is 0 Å². The number of hydrogen-bond acceptors (Lipinski definition) is 5. The molecule has 8 heteroatoms. The molecule has 4 rings (SSSR count). The highest BCUT2D eigenvalue weighted by atomic mass is 19.1. The van der Waals surface area contributed by atoms with E-state index in [1.165, 1.54) is 12.1 Å². The number of morpholine rings is 1. The number of carbonyl (C=O) groups excluding carboxylic acids is 1. The summed E-state index contributed by atoms with van der Waals surface area (Å²) in [5.74, 6) is -0.476. The zero-order chi connectivity index (χ0) is 21.1. The van der Waals surface area contributed by atoms with Gasteiger partial charge in [-0.15, -0.1) is 0 Å². The molecule has 0 saturated carbocycles. The Hall–Kier alpha value is -3.10. The number of anilines is 1. The minimum absolute atomic E-state index is 0.143. The maximum Gasteiger partial charge on any atom is 0.238 e. The Labute approximate surface area is 174 Å². The van der Waals surface area contributed by atoms with Crippen LogP contribution in [0.2, 0.25) is 0 Å². The number of aryl methyl sites for hydroxylation is 2. The fraction of sp³-hybridized carbons (Fsp3) is 0.318. The SMILES string of the molecule is Cc1cc(-c2cnn(C)c2)cc([C@@H]2CN(CC(=O)Nc3ccc(F)cc3)CCO2)n1. The van der Waals surface area contributed by atoms with Crippen LogP contribution in [0.1, 0.15) is 17.5 Å². The molecule has 1 aliphatic heterocycles. The van der Waals surface area contributed by atoms with Crippen molar-refractivity contribution < 1.29 is 13.9 Å². The Morgan fingerprint density at radius 1 is 1.27 bits per heavy atom. The van der Waals surface area contributed by atoms with E-state index >= 15 is 0 Å². The smallest absolute Gasteiger partial charge is 0.238 e. The molecule has 7 nitrogen and oxygen atoms in total. The zero-order valence-electron chi connectivity index (χ0n) is 17.0. The molecule has 3 aromatic rings. The first kappa shape index (κ1) is 20.2. The van der Waals surface area contributed by atoms with Crippen molar-refractivity contribution in [2.45, 2.75) is 13.0 Å². The average molecular weight is 409 g/mol. The van der Waals surface area contributed by atoms with Crippen LogP contribution in [-0.4, -0.2) is 51.8 Å². The Morgan fingerprint density at radius 3 is 2.80 bits per heavy atom. The highest BCUT2D eigenvalue weighted by Gasteiger charge is 2.25. The summed E-state index contributed by atoms with van der Waals surface area (Å²) in [5, 5.41) is 7.04. The molecular weight excluding hydrogens is 385 g/mol. The van der Waals surface area contributed by atoms with Gasteiger partial charge in [0.25, 0.3) is 0 Å². The van der Waals surface area contributed by atoms with Crippen molar-refractivity contribution in [2.75, 3.05) is 31.6 Å². The van der Waals surface area contributed by atoms with Crippen molar-refractivity contribution >= 4 is 11.6 Å². The molecule has 0 bridgehead atoms. The van der Waals surface area contributed by atoms with Crippen LogP contribution in [0.4, 0.5) is 10.1 Å². The van der Waals surface area contributed by atoms with Crippen molar-refractivity contribution in [2.24, 2.45) is 7.05 Å². The highest BCUT2D eigenvalue weighted by molar-refractivity contribution is 5.92. The van der Waals surface area contributed by atoms with Gasteiger partial charge in [-0.2, -0.15) is 5.10 Å². The second-order valence-electron chi connectivity index (χ2n) is 7.47. The number of aromatic nitrogens is 3. The Morgan fingerprint density at radius 2 is 2.07 bits per heavy atom. The van der Waals surface area contributed by atoms with Gasteiger partial charge in [-0.3, -0.25) is 19.4 Å². The Bertz CT molecular complexity index is 1030. The topological polar surface area (TPSA) is 72.3 Å². The first-order chi connectivity index (χ1) is 14.5. The summed E-state index contributed by atoms with van der Waals surface area (Å²) in [6.07, 6.45) is 3.58. The molecule has 3 heterocycles. The highest BCUT2D eigenvalue weighted by Crippen LogP contribution is 2.26. The van der Waals surface area contributed by atoms with E-state index in [0.717, 1.165) is 22.5 Å². The molecule has 1 aromatic carbocycles. The lowest BCUT2D eigenvalue weighted by atomic mass is 10.1. The molecule has 30 heavy (non-hydrogen) atoms. The Kier molecular flexibility index (Phi) is 5.87. The van der Waals surface area contributed by atoms with Gasteiger partial charge in [0.1, 0.15) is 11.9 Å². The van der Waals surface area contributed by atoms with Crippen LogP contribution in [0.5, 0.6) is 0 Å². The fourth-order valence-electron chi connectivity index (χ4n) is 3.56. The molecule has 1 atom stereocenters. The third-order valence-corrected chi connectivity index (χ3v) is 4.99. The lowest BCUT2D eigenvalue weighted by Crippen LogP contribution is -2.42. The molecule has 0 unspecified atom stereocenters. The fourth-order valence-corrected chi connectivity index (χ4v) is 3.56. The lowest BCUT2D eigenvalue weighted by Gasteiger charge is -2.32. The minimum Gasteiger partial charge on any atom is -0.369 e. The second kappa shape index (κ2) is 8.73. The number of halogens is 1. The quantitative estimate of drug-likeness (QED) is 0.702. The van der Waals surface area contributed by atoms with Crippen molar-refractivity contribution in [3.8, 4) is 11.1 Å². The molecule has 1 amide bonds. The van der Waals surface area contributed by atoms with Gasteiger partial charge in [-0.1, -0.05) is 0 Å². The van der Waals surface area contributed by atoms with Crippen LogP contribution in [-0.2, 0) is 16.6 Å². The molecular formula is C22H24FN5O2. The van der Waals surface area contributed by atoms with Crippen LogP contribution >= 0.6 is 0 Å². The minimum atomic E-state index is -0.333. The van der Waals surface area contributed by atoms with E-state index in [9.17, 15) is 9.18 Å². The number of pyridine rings is 1. The average Bonchev–Trinajstić information content (AvgIpc) is 3.16. The van der Waals surface area contributed by atoms with E-state index in [1.54, 1.807) is 16.8 Å². The number of rotatable bonds is 5. The largest absolute Gasteiger partial charge is 0.369 e. The van der Waals surface area contributed by atoms with Crippen molar-refractivity contribution in [1.29, 1.82) is 0 Å². The van der Waals surface area contributed by atoms with E-state index in [-0.39, 0.29) is 24.4 Å². The summed E-state index contributed by atoms with van der Waals surface area (Å²) < 4.78 is 20.7. The molecule has 1 saturated heterocycles. The molecule has 1 N–H and O–H groups in total. The number of nitrogens with one attached hydrogen (secondary N) is 1. The van der Waals surface area contributed by atoms with E-state index in [2.05, 4.69) is 15.4 Å². The molecule has 1 fully saturated rings. The number of ether oxygens (including phenoxy) is 1. The van der Waals surface area contributed by atoms with Gasteiger partial charge in [-0.05, 0) is 48.9 Å². The summed E-state index contributed by atoms with van der Waals surface area (Å²) >= 11 is 0. The predicted octanol–water partition coefficient (Wildman–Crippen LogP) is 2.94. The summed E-state index contributed by atoms with van der Waals surface area (Å²) in [6.45, 7) is 3.94. The van der Waals surface area contributed by atoms with E-state index in [0.29, 0.717) is 25.4 Å². The summed E-state index contributed by atoms with van der Waals surface area (Å²) in [7, 11) is 1.89. The van der Waals surface area contributed by atoms with E-state index < -0.39 is 0 Å². The van der Waals surface area contributed by atoms with Gasteiger partial charge >= 0.3 is 0 Å².